The van der Waals surface area contributed by atoms with E-state index in [0.29, 0.717) is 27.9 Å². The van der Waals surface area contributed by atoms with Crippen molar-refractivity contribution in [2.75, 3.05) is 10.6 Å². The summed E-state index contributed by atoms with van der Waals surface area (Å²) in [6.45, 7) is 0. The maximum absolute atomic E-state index is 13.2. The first kappa shape index (κ1) is 18.6. The van der Waals surface area contributed by atoms with Gasteiger partial charge in [-0.15, -0.1) is 0 Å². The average molecular weight is 406 g/mol. The largest absolute Gasteiger partial charge is 0.449 e. The van der Waals surface area contributed by atoms with Crippen molar-refractivity contribution in [2.24, 2.45) is 0 Å². The van der Waals surface area contributed by atoms with Gasteiger partial charge in [-0.25, -0.2) is 0 Å². The predicted molar refractivity (Wildman–Crippen MR) is 123 cm³/mol. The SMILES string of the molecule is O=C(Nc1ccccc1)c1oc2ccccc2c1NC(=O)c1cccc2ccccc12. The van der Waals surface area contributed by atoms with Gasteiger partial charge in [0.15, 0.2) is 0 Å². The molecule has 1 heterocycles. The summed E-state index contributed by atoms with van der Waals surface area (Å²) in [5.41, 5.74) is 2.04. The van der Waals surface area contributed by atoms with Crippen LogP contribution in [-0.4, -0.2) is 11.8 Å². The van der Waals surface area contributed by atoms with Gasteiger partial charge < -0.3 is 15.1 Å². The molecule has 0 aliphatic rings. The van der Waals surface area contributed by atoms with E-state index in [1.165, 1.54) is 0 Å². The van der Waals surface area contributed by atoms with Crippen LogP contribution in [0.25, 0.3) is 21.7 Å². The molecule has 2 N–H and O–H groups in total. The highest BCUT2D eigenvalue weighted by Gasteiger charge is 2.23. The van der Waals surface area contributed by atoms with Crippen molar-refractivity contribution in [3.05, 3.63) is 108 Å². The van der Waals surface area contributed by atoms with Crippen molar-refractivity contribution >= 4 is 44.9 Å². The second-order valence-electron chi connectivity index (χ2n) is 7.10. The summed E-state index contributed by atoms with van der Waals surface area (Å²) in [6, 6.07) is 29.6. The third-order valence-corrected chi connectivity index (χ3v) is 5.11. The van der Waals surface area contributed by atoms with E-state index in [1.54, 1.807) is 24.3 Å². The molecule has 0 atom stereocenters. The summed E-state index contributed by atoms with van der Waals surface area (Å²) in [7, 11) is 0. The Hall–Kier alpha value is -4.38. The van der Waals surface area contributed by atoms with Crippen LogP contribution in [0.1, 0.15) is 20.9 Å². The van der Waals surface area contributed by atoms with E-state index in [9.17, 15) is 9.59 Å². The van der Waals surface area contributed by atoms with Crippen LogP contribution in [0.5, 0.6) is 0 Å². The van der Waals surface area contributed by atoms with E-state index >= 15 is 0 Å². The number of benzene rings is 4. The number of carbonyl (C=O) groups excluding carboxylic acids is 2. The minimum absolute atomic E-state index is 0.0543. The van der Waals surface area contributed by atoms with Gasteiger partial charge in [-0.05, 0) is 41.1 Å². The number of rotatable bonds is 4. The van der Waals surface area contributed by atoms with Crippen LogP contribution in [0.15, 0.2) is 101 Å². The zero-order valence-electron chi connectivity index (χ0n) is 16.5. The van der Waals surface area contributed by atoms with E-state index < -0.39 is 5.91 Å². The highest BCUT2D eigenvalue weighted by atomic mass is 16.3. The van der Waals surface area contributed by atoms with Gasteiger partial charge in [-0.2, -0.15) is 0 Å². The molecule has 0 bridgehead atoms. The first-order valence-corrected chi connectivity index (χ1v) is 9.88. The summed E-state index contributed by atoms with van der Waals surface area (Å²) in [6.07, 6.45) is 0. The summed E-state index contributed by atoms with van der Waals surface area (Å²) in [5, 5.41) is 8.20. The number of carbonyl (C=O) groups is 2. The van der Waals surface area contributed by atoms with Crippen LogP contribution in [0.3, 0.4) is 0 Å². The topological polar surface area (TPSA) is 71.3 Å². The van der Waals surface area contributed by atoms with Crippen molar-refractivity contribution in [3.63, 3.8) is 0 Å². The highest BCUT2D eigenvalue weighted by molar-refractivity contribution is 6.19. The zero-order chi connectivity index (χ0) is 21.2. The molecule has 4 aromatic carbocycles. The van der Waals surface area contributed by atoms with Gasteiger partial charge in [0, 0.05) is 16.6 Å². The van der Waals surface area contributed by atoms with Crippen LogP contribution in [0, 0.1) is 0 Å². The van der Waals surface area contributed by atoms with E-state index in [2.05, 4.69) is 10.6 Å². The van der Waals surface area contributed by atoms with Crippen molar-refractivity contribution in [1.29, 1.82) is 0 Å². The minimum atomic E-state index is -0.435. The monoisotopic (exact) mass is 406 g/mol. The number of para-hydroxylation sites is 2. The standard InChI is InChI=1S/C26H18N2O3/c29-25(20-15-8-10-17-9-4-5-13-19(17)20)28-23-21-14-6-7-16-22(21)31-24(23)26(30)27-18-11-2-1-3-12-18/h1-16H,(H,27,30)(H,28,29). The molecular formula is C26H18N2O3. The van der Waals surface area contributed by atoms with Gasteiger partial charge in [0.05, 0.1) is 0 Å². The molecule has 0 aliphatic heterocycles. The van der Waals surface area contributed by atoms with Gasteiger partial charge in [0.1, 0.15) is 11.3 Å². The first-order chi connectivity index (χ1) is 15.2. The molecule has 0 fully saturated rings. The van der Waals surface area contributed by atoms with Crippen molar-refractivity contribution < 1.29 is 14.0 Å². The average Bonchev–Trinajstić information content (AvgIpc) is 3.18. The summed E-state index contributed by atoms with van der Waals surface area (Å²) in [4.78, 5) is 26.2. The summed E-state index contributed by atoms with van der Waals surface area (Å²) < 4.78 is 5.83. The number of hydrogen-bond donors (Lipinski definition) is 2. The molecule has 0 saturated carbocycles. The van der Waals surface area contributed by atoms with Gasteiger partial charge in [0.2, 0.25) is 5.76 Å². The number of furan rings is 1. The van der Waals surface area contributed by atoms with E-state index in [0.717, 1.165) is 10.8 Å². The van der Waals surface area contributed by atoms with Crippen molar-refractivity contribution in [2.45, 2.75) is 0 Å². The molecule has 31 heavy (non-hydrogen) atoms. The van der Waals surface area contributed by atoms with Crippen LogP contribution in [0.4, 0.5) is 11.4 Å². The Bertz CT molecular complexity index is 1420. The molecule has 5 rings (SSSR count). The highest BCUT2D eigenvalue weighted by Crippen LogP contribution is 2.32. The maximum Gasteiger partial charge on any atom is 0.293 e. The van der Waals surface area contributed by atoms with Crippen LogP contribution >= 0.6 is 0 Å². The minimum Gasteiger partial charge on any atom is -0.449 e. The van der Waals surface area contributed by atoms with Crippen molar-refractivity contribution in [3.8, 4) is 0 Å². The lowest BCUT2D eigenvalue weighted by Gasteiger charge is -2.09. The number of anilines is 2. The molecular weight excluding hydrogens is 388 g/mol. The Kier molecular flexibility index (Phi) is 4.69. The number of amides is 2. The molecule has 1 aromatic heterocycles. The Morgan fingerprint density at radius 3 is 2.13 bits per heavy atom. The summed E-state index contributed by atoms with van der Waals surface area (Å²) in [5.74, 6) is -0.689. The molecule has 5 heteroatoms. The summed E-state index contributed by atoms with van der Waals surface area (Å²) >= 11 is 0. The fourth-order valence-electron chi connectivity index (χ4n) is 3.64. The second-order valence-corrected chi connectivity index (χ2v) is 7.10. The number of fused-ring (bicyclic) bond motifs is 2. The molecule has 5 nitrogen and oxygen atoms in total. The lowest BCUT2D eigenvalue weighted by Crippen LogP contribution is -2.17. The Morgan fingerprint density at radius 2 is 1.29 bits per heavy atom. The van der Waals surface area contributed by atoms with Gasteiger partial charge in [-0.3, -0.25) is 9.59 Å². The lowest BCUT2D eigenvalue weighted by molar-refractivity contribution is 0.0999. The molecule has 150 valence electrons. The molecule has 2 amide bonds. The lowest BCUT2D eigenvalue weighted by atomic mass is 10.0. The quantitative estimate of drug-likeness (QED) is 0.379. The van der Waals surface area contributed by atoms with E-state index in [-0.39, 0.29) is 11.7 Å². The number of hydrogen-bond acceptors (Lipinski definition) is 3. The Labute approximate surface area is 178 Å². The second kappa shape index (κ2) is 7.80. The Balaban J connectivity index is 1.55. The van der Waals surface area contributed by atoms with E-state index in [4.69, 9.17) is 4.42 Å². The van der Waals surface area contributed by atoms with Crippen LogP contribution < -0.4 is 10.6 Å². The molecule has 0 saturated heterocycles. The van der Waals surface area contributed by atoms with Crippen LogP contribution in [0.2, 0.25) is 0 Å². The third-order valence-electron chi connectivity index (χ3n) is 5.11. The fraction of sp³-hybridized carbons (Fsp3) is 0. The number of nitrogens with one attached hydrogen (secondary N) is 2. The Morgan fingerprint density at radius 1 is 0.613 bits per heavy atom. The normalized spacial score (nSPS) is 10.8. The first-order valence-electron chi connectivity index (χ1n) is 9.88. The molecule has 5 aromatic rings. The van der Waals surface area contributed by atoms with Gasteiger partial charge in [-0.1, -0.05) is 66.7 Å². The van der Waals surface area contributed by atoms with Crippen molar-refractivity contribution in [1.82, 2.24) is 0 Å². The smallest absolute Gasteiger partial charge is 0.293 e. The van der Waals surface area contributed by atoms with Crippen LogP contribution in [-0.2, 0) is 0 Å². The molecule has 0 unspecified atom stereocenters. The van der Waals surface area contributed by atoms with Gasteiger partial charge in [0.25, 0.3) is 11.8 Å². The van der Waals surface area contributed by atoms with Gasteiger partial charge >= 0.3 is 0 Å². The fourth-order valence-corrected chi connectivity index (χ4v) is 3.64. The zero-order valence-corrected chi connectivity index (χ0v) is 16.5. The molecule has 0 aliphatic carbocycles. The predicted octanol–water partition coefficient (Wildman–Crippen LogP) is 6.09. The molecule has 0 spiro atoms. The third kappa shape index (κ3) is 3.53. The molecule has 0 radical (unpaired) electrons. The maximum atomic E-state index is 13.2. The van der Waals surface area contributed by atoms with E-state index in [1.807, 2.05) is 72.8 Å².